The highest BCUT2D eigenvalue weighted by Gasteiger charge is 2.47. The molecule has 4 nitrogen and oxygen atoms in total. The molecule has 2 fully saturated rings. The maximum Gasteiger partial charge on any atom is 0.255 e. The maximum absolute atomic E-state index is 13.1. The number of likely N-dealkylation sites (tertiary alicyclic amines) is 1. The number of piperidine rings is 1. The number of rotatable bonds is 2. The van der Waals surface area contributed by atoms with E-state index in [0.29, 0.717) is 18.7 Å². The van der Waals surface area contributed by atoms with Crippen molar-refractivity contribution in [3.8, 4) is 0 Å². The Balaban J connectivity index is 1.47. The minimum absolute atomic E-state index is 0.0746. The lowest BCUT2D eigenvalue weighted by molar-refractivity contribution is 0.0497. The number of carbonyl (C=O) groups excluding carboxylic acids is 2. The third-order valence-electron chi connectivity index (χ3n) is 5.61. The van der Waals surface area contributed by atoms with Crippen LogP contribution in [0.15, 0.2) is 48.5 Å². The molecule has 0 atom stereocenters. The van der Waals surface area contributed by atoms with E-state index in [1.165, 1.54) is 24.3 Å². The first-order valence-electron chi connectivity index (χ1n) is 9.56. The lowest BCUT2D eigenvalue weighted by Crippen LogP contribution is -2.53. The van der Waals surface area contributed by atoms with Gasteiger partial charge in [-0.05, 0) is 56.2 Å². The summed E-state index contributed by atoms with van der Waals surface area (Å²) in [6.45, 7) is 3.93. The van der Waals surface area contributed by atoms with Crippen LogP contribution in [-0.4, -0.2) is 51.9 Å². The van der Waals surface area contributed by atoms with Crippen LogP contribution in [0.1, 0.15) is 39.1 Å². The second-order valence-corrected chi connectivity index (χ2v) is 8.88. The van der Waals surface area contributed by atoms with Crippen molar-refractivity contribution in [2.75, 3.05) is 25.4 Å². The van der Waals surface area contributed by atoms with Crippen LogP contribution < -0.4 is 0 Å². The van der Waals surface area contributed by atoms with Gasteiger partial charge in [0.2, 0.25) is 0 Å². The topological polar surface area (TPSA) is 40.6 Å². The summed E-state index contributed by atoms with van der Waals surface area (Å²) in [6, 6.07) is 13.4. The molecule has 0 N–H and O–H groups in total. The first-order valence-corrected chi connectivity index (χ1v) is 10.5. The Morgan fingerprint density at radius 2 is 1.68 bits per heavy atom. The molecule has 4 rings (SSSR count). The zero-order valence-electron chi connectivity index (χ0n) is 15.9. The van der Waals surface area contributed by atoms with Gasteiger partial charge in [-0.25, -0.2) is 4.39 Å². The molecule has 146 valence electrons. The Hall–Kier alpha value is -2.34. The van der Waals surface area contributed by atoms with Gasteiger partial charge >= 0.3 is 0 Å². The van der Waals surface area contributed by atoms with Gasteiger partial charge in [-0.2, -0.15) is 0 Å². The molecular weight excluding hydrogens is 375 g/mol. The van der Waals surface area contributed by atoms with Crippen molar-refractivity contribution in [3.63, 3.8) is 0 Å². The van der Waals surface area contributed by atoms with E-state index in [1.807, 2.05) is 52.8 Å². The summed E-state index contributed by atoms with van der Waals surface area (Å²) in [5.74, 6) is 0.576. The summed E-state index contributed by atoms with van der Waals surface area (Å²) in [6.07, 6.45) is 1.50. The number of nitrogens with zero attached hydrogens (tertiary/aromatic N) is 2. The van der Waals surface area contributed by atoms with Crippen LogP contribution >= 0.6 is 11.8 Å². The molecule has 28 heavy (non-hydrogen) atoms. The molecule has 2 heterocycles. The number of aryl methyl sites for hydroxylation is 1. The molecule has 0 aromatic heterocycles. The van der Waals surface area contributed by atoms with Gasteiger partial charge in [0.25, 0.3) is 11.8 Å². The summed E-state index contributed by atoms with van der Waals surface area (Å²) in [7, 11) is 0. The number of hydrogen-bond donors (Lipinski definition) is 0. The van der Waals surface area contributed by atoms with Crippen LogP contribution in [0.3, 0.4) is 0 Å². The van der Waals surface area contributed by atoms with E-state index in [1.54, 1.807) is 0 Å². The van der Waals surface area contributed by atoms with Gasteiger partial charge in [0.1, 0.15) is 5.82 Å². The zero-order valence-corrected chi connectivity index (χ0v) is 16.7. The molecule has 0 aliphatic carbocycles. The maximum atomic E-state index is 13.1. The number of hydrogen-bond acceptors (Lipinski definition) is 3. The molecular formula is C22H23FN2O2S. The summed E-state index contributed by atoms with van der Waals surface area (Å²) in [5.41, 5.74) is 2.31. The van der Waals surface area contributed by atoms with Gasteiger partial charge < -0.3 is 9.80 Å². The number of benzene rings is 2. The smallest absolute Gasteiger partial charge is 0.255 e. The van der Waals surface area contributed by atoms with Gasteiger partial charge in [-0.15, -0.1) is 11.8 Å². The van der Waals surface area contributed by atoms with E-state index < -0.39 is 0 Å². The van der Waals surface area contributed by atoms with E-state index in [4.69, 9.17) is 0 Å². The van der Waals surface area contributed by atoms with Crippen molar-refractivity contribution in [2.45, 2.75) is 24.6 Å². The van der Waals surface area contributed by atoms with E-state index in [9.17, 15) is 14.0 Å². The van der Waals surface area contributed by atoms with Gasteiger partial charge in [0, 0.05) is 36.5 Å². The van der Waals surface area contributed by atoms with Gasteiger partial charge in [-0.1, -0.05) is 17.7 Å². The molecule has 2 aliphatic rings. The highest BCUT2D eigenvalue weighted by molar-refractivity contribution is 8.00. The molecule has 2 amide bonds. The minimum atomic E-state index is -0.346. The van der Waals surface area contributed by atoms with Crippen LogP contribution in [0.2, 0.25) is 0 Å². The van der Waals surface area contributed by atoms with Gasteiger partial charge in [0.15, 0.2) is 0 Å². The number of carbonyl (C=O) groups is 2. The Morgan fingerprint density at radius 1 is 0.964 bits per heavy atom. The average molecular weight is 399 g/mol. The van der Waals surface area contributed by atoms with Crippen molar-refractivity contribution in [1.82, 2.24) is 9.80 Å². The Bertz CT molecular complexity index is 892. The molecule has 2 aromatic carbocycles. The highest BCUT2D eigenvalue weighted by atomic mass is 32.2. The van der Waals surface area contributed by atoms with Crippen LogP contribution in [0.25, 0.3) is 0 Å². The Labute approximate surface area is 168 Å². The highest BCUT2D eigenvalue weighted by Crippen LogP contribution is 2.44. The molecule has 0 unspecified atom stereocenters. The van der Waals surface area contributed by atoms with Crippen LogP contribution in [0.4, 0.5) is 4.39 Å². The number of amides is 2. The van der Waals surface area contributed by atoms with Crippen molar-refractivity contribution in [1.29, 1.82) is 0 Å². The van der Waals surface area contributed by atoms with Crippen LogP contribution in [0.5, 0.6) is 0 Å². The van der Waals surface area contributed by atoms with Crippen molar-refractivity contribution in [2.24, 2.45) is 0 Å². The quantitative estimate of drug-likeness (QED) is 0.769. The predicted octanol–water partition coefficient (Wildman–Crippen LogP) is 3.96. The number of halogens is 1. The van der Waals surface area contributed by atoms with Crippen LogP contribution in [0, 0.1) is 12.7 Å². The van der Waals surface area contributed by atoms with E-state index >= 15 is 0 Å². The first kappa shape index (κ1) is 19.0. The average Bonchev–Trinajstić information content (AvgIpc) is 3.11. The molecule has 2 aliphatic heterocycles. The first-order chi connectivity index (χ1) is 13.5. The lowest BCUT2D eigenvalue weighted by Gasteiger charge is -2.44. The normalized spacial score (nSPS) is 18.5. The van der Waals surface area contributed by atoms with Crippen molar-refractivity contribution in [3.05, 3.63) is 71.0 Å². The SMILES string of the molecule is Cc1cccc(C(=O)N2CCSC23CCN(C(=O)c2ccc(F)cc2)CC3)c1. The molecule has 2 saturated heterocycles. The third kappa shape index (κ3) is 3.53. The van der Waals surface area contributed by atoms with E-state index in [-0.39, 0.29) is 22.5 Å². The molecule has 0 bridgehead atoms. The van der Waals surface area contributed by atoms with Gasteiger partial charge in [-0.3, -0.25) is 9.59 Å². The molecule has 6 heteroatoms. The molecule has 0 radical (unpaired) electrons. The lowest BCUT2D eigenvalue weighted by atomic mass is 9.99. The van der Waals surface area contributed by atoms with Crippen molar-refractivity contribution < 1.29 is 14.0 Å². The Morgan fingerprint density at radius 3 is 2.36 bits per heavy atom. The number of thioether (sulfide) groups is 1. The summed E-state index contributed by atoms with van der Waals surface area (Å²) >= 11 is 1.83. The second-order valence-electron chi connectivity index (χ2n) is 7.42. The summed E-state index contributed by atoms with van der Waals surface area (Å²) in [4.78, 5) is 29.4. The largest absolute Gasteiger partial charge is 0.338 e. The monoisotopic (exact) mass is 398 g/mol. The minimum Gasteiger partial charge on any atom is -0.338 e. The zero-order chi connectivity index (χ0) is 19.7. The Kier molecular flexibility index (Phi) is 5.15. The second kappa shape index (κ2) is 7.59. The third-order valence-corrected chi connectivity index (χ3v) is 7.16. The summed E-state index contributed by atoms with van der Waals surface area (Å²) < 4.78 is 13.1. The standard InChI is InChI=1S/C22H23FN2O2S/c1-16-3-2-4-18(15-16)21(27)25-13-14-28-22(25)9-11-24(12-10-22)20(26)17-5-7-19(23)8-6-17/h2-8,15H,9-14H2,1H3. The van der Waals surface area contributed by atoms with Gasteiger partial charge in [0.05, 0.1) is 4.87 Å². The fourth-order valence-electron chi connectivity index (χ4n) is 4.08. The van der Waals surface area contributed by atoms with E-state index in [2.05, 4.69) is 0 Å². The molecule has 0 saturated carbocycles. The summed E-state index contributed by atoms with van der Waals surface area (Å²) in [5, 5.41) is 0. The fraction of sp³-hybridized carbons (Fsp3) is 0.364. The fourth-order valence-corrected chi connectivity index (χ4v) is 5.53. The van der Waals surface area contributed by atoms with E-state index in [0.717, 1.165) is 36.3 Å². The van der Waals surface area contributed by atoms with Crippen LogP contribution in [-0.2, 0) is 0 Å². The predicted molar refractivity (Wildman–Crippen MR) is 109 cm³/mol. The van der Waals surface area contributed by atoms with Crippen molar-refractivity contribution >= 4 is 23.6 Å². The molecule has 1 spiro atoms. The molecule has 2 aromatic rings.